The third-order valence-electron chi connectivity index (χ3n) is 4.05. The SMILES string of the molecule is Cc1ccn(-c2ccc(B3OC(C)(C)C(C)(C)O3)o2)n1. The predicted molar refractivity (Wildman–Crippen MR) is 76.3 cm³/mol. The maximum absolute atomic E-state index is 5.96. The third kappa shape index (κ3) is 2.09. The maximum atomic E-state index is 5.96. The van der Waals surface area contributed by atoms with Crippen molar-refractivity contribution in [2.75, 3.05) is 0 Å². The summed E-state index contributed by atoms with van der Waals surface area (Å²) in [5.41, 5.74) is 0.866. The lowest BCUT2D eigenvalue weighted by molar-refractivity contribution is 0.00578. The van der Waals surface area contributed by atoms with Crippen molar-refractivity contribution in [3.63, 3.8) is 0 Å². The van der Waals surface area contributed by atoms with Gasteiger partial charge in [0.15, 0.2) is 0 Å². The molecular formula is C14H19BN2O3. The second kappa shape index (κ2) is 4.23. The minimum Gasteiger partial charge on any atom is -0.447 e. The zero-order valence-corrected chi connectivity index (χ0v) is 12.5. The first-order chi connectivity index (χ1) is 9.28. The molecule has 0 N–H and O–H groups in total. The third-order valence-corrected chi connectivity index (χ3v) is 4.05. The van der Waals surface area contributed by atoms with E-state index in [2.05, 4.69) is 5.10 Å². The van der Waals surface area contributed by atoms with Gasteiger partial charge in [-0.3, -0.25) is 0 Å². The van der Waals surface area contributed by atoms with Crippen molar-refractivity contribution in [2.45, 2.75) is 45.8 Å². The van der Waals surface area contributed by atoms with Gasteiger partial charge in [0, 0.05) is 12.3 Å². The Hall–Kier alpha value is -1.53. The lowest BCUT2D eigenvalue weighted by Gasteiger charge is -2.32. The number of rotatable bonds is 2. The number of aryl methyl sites for hydroxylation is 1. The minimum absolute atomic E-state index is 0.368. The molecule has 2 aromatic heterocycles. The summed E-state index contributed by atoms with van der Waals surface area (Å²) < 4.78 is 19.4. The quantitative estimate of drug-likeness (QED) is 0.787. The molecule has 0 spiro atoms. The molecule has 0 aliphatic carbocycles. The molecule has 0 amide bonds. The molecule has 0 atom stereocenters. The van der Waals surface area contributed by atoms with E-state index in [9.17, 15) is 0 Å². The highest BCUT2D eigenvalue weighted by atomic mass is 16.7. The highest BCUT2D eigenvalue weighted by molar-refractivity contribution is 6.60. The Kier molecular flexibility index (Phi) is 2.85. The van der Waals surface area contributed by atoms with Gasteiger partial charge in [-0.15, -0.1) is 0 Å². The number of nitrogens with zero attached hydrogens (tertiary/aromatic N) is 2. The summed E-state index contributed by atoms with van der Waals surface area (Å²) in [6.45, 7) is 10.0. The van der Waals surface area contributed by atoms with Crippen LogP contribution in [0.25, 0.3) is 5.88 Å². The monoisotopic (exact) mass is 274 g/mol. The predicted octanol–water partition coefficient (Wildman–Crippen LogP) is 2.07. The summed E-state index contributed by atoms with van der Waals surface area (Å²) in [7, 11) is -0.481. The Morgan fingerprint density at radius 1 is 1.05 bits per heavy atom. The average Bonchev–Trinajstić information content (AvgIpc) is 2.98. The molecule has 3 rings (SSSR count). The Balaban J connectivity index is 1.85. The van der Waals surface area contributed by atoms with Crippen LogP contribution in [0.3, 0.4) is 0 Å². The number of hydrogen-bond donors (Lipinski definition) is 0. The maximum Gasteiger partial charge on any atom is 0.532 e. The van der Waals surface area contributed by atoms with E-state index < -0.39 is 7.12 Å². The fourth-order valence-electron chi connectivity index (χ4n) is 2.09. The molecule has 3 heterocycles. The molecule has 0 unspecified atom stereocenters. The largest absolute Gasteiger partial charge is 0.532 e. The molecule has 1 aliphatic heterocycles. The van der Waals surface area contributed by atoms with Gasteiger partial charge in [-0.25, -0.2) is 4.68 Å². The zero-order chi connectivity index (χ0) is 14.5. The normalized spacial score (nSPS) is 20.6. The van der Waals surface area contributed by atoms with Gasteiger partial charge >= 0.3 is 7.12 Å². The summed E-state index contributed by atoms with van der Waals surface area (Å²) in [5.74, 6) is 0.655. The molecule has 0 aromatic carbocycles. The molecular weight excluding hydrogens is 255 g/mol. The van der Waals surface area contributed by atoms with Gasteiger partial charge in [-0.1, -0.05) is 0 Å². The van der Waals surface area contributed by atoms with Crippen LogP contribution in [0.2, 0.25) is 0 Å². The first-order valence-corrected chi connectivity index (χ1v) is 6.76. The van der Waals surface area contributed by atoms with Crippen molar-refractivity contribution in [3.8, 4) is 5.88 Å². The van der Waals surface area contributed by atoms with Crippen LogP contribution in [0.4, 0.5) is 0 Å². The van der Waals surface area contributed by atoms with E-state index in [4.69, 9.17) is 13.7 Å². The smallest absolute Gasteiger partial charge is 0.447 e. The van der Waals surface area contributed by atoms with Gasteiger partial charge in [-0.05, 0) is 46.8 Å². The fraction of sp³-hybridized carbons (Fsp3) is 0.500. The number of furan rings is 1. The number of hydrogen-bond acceptors (Lipinski definition) is 4. The van der Waals surface area contributed by atoms with E-state index in [0.717, 1.165) is 5.69 Å². The van der Waals surface area contributed by atoms with Crippen LogP contribution >= 0.6 is 0 Å². The van der Waals surface area contributed by atoms with Crippen molar-refractivity contribution in [3.05, 3.63) is 30.1 Å². The average molecular weight is 274 g/mol. The lowest BCUT2D eigenvalue weighted by atomic mass is 9.86. The van der Waals surface area contributed by atoms with E-state index in [0.29, 0.717) is 11.5 Å². The van der Waals surface area contributed by atoms with Gasteiger partial charge in [0.05, 0.1) is 16.9 Å². The van der Waals surface area contributed by atoms with Crippen LogP contribution in [-0.4, -0.2) is 28.1 Å². The van der Waals surface area contributed by atoms with Gasteiger partial charge < -0.3 is 13.7 Å². The van der Waals surface area contributed by atoms with Gasteiger partial charge in [-0.2, -0.15) is 5.10 Å². The Bertz CT molecular complexity index is 614. The molecule has 1 fully saturated rings. The molecule has 0 radical (unpaired) electrons. The Morgan fingerprint density at radius 3 is 2.25 bits per heavy atom. The van der Waals surface area contributed by atoms with E-state index in [1.54, 1.807) is 4.68 Å². The minimum atomic E-state index is -0.481. The van der Waals surface area contributed by atoms with Crippen molar-refractivity contribution < 1.29 is 13.7 Å². The molecule has 5 nitrogen and oxygen atoms in total. The molecule has 1 saturated heterocycles. The lowest BCUT2D eigenvalue weighted by Crippen LogP contribution is -2.41. The number of aromatic nitrogens is 2. The molecule has 6 heteroatoms. The van der Waals surface area contributed by atoms with E-state index >= 15 is 0 Å². The topological polar surface area (TPSA) is 49.4 Å². The van der Waals surface area contributed by atoms with Crippen LogP contribution in [0.15, 0.2) is 28.8 Å². The van der Waals surface area contributed by atoms with Crippen molar-refractivity contribution in [2.24, 2.45) is 0 Å². The summed E-state index contributed by atoms with van der Waals surface area (Å²) in [5, 5.41) is 4.32. The van der Waals surface area contributed by atoms with Crippen molar-refractivity contribution >= 4 is 12.8 Å². The summed E-state index contributed by atoms with van der Waals surface area (Å²) in [6, 6.07) is 5.66. The summed E-state index contributed by atoms with van der Waals surface area (Å²) in [4.78, 5) is 0. The molecule has 0 bridgehead atoms. The van der Waals surface area contributed by atoms with E-state index in [-0.39, 0.29) is 11.2 Å². The Labute approximate surface area is 119 Å². The van der Waals surface area contributed by atoms with E-state index in [1.165, 1.54) is 0 Å². The standard InChI is InChI=1S/C14H19BN2O3/c1-10-8-9-17(16-10)12-7-6-11(18-12)15-19-13(2,3)14(4,5)20-15/h6-9H,1-5H3. The second-order valence-corrected chi connectivity index (χ2v) is 6.17. The molecule has 0 saturated carbocycles. The molecule has 1 aliphatic rings. The Morgan fingerprint density at radius 2 is 1.70 bits per heavy atom. The van der Waals surface area contributed by atoms with Gasteiger partial charge in [0.1, 0.15) is 5.66 Å². The van der Waals surface area contributed by atoms with Gasteiger partial charge in [0.25, 0.3) is 0 Å². The van der Waals surface area contributed by atoms with Crippen molar-refractivity contribution in [1.82, 2.24) is 9.78 Å². The zero-order valence-electron chi connectivity index (χ0n) is 12.5. The first-order valence-electron chi connectivity index (χ1n) is 6.76. The highest BCUT2D eigenvalue weighted by Gasteiger charge is 2.53. The van der Waals surface area contributed by atoms with Crippen LogP contribution in [0, 0.1) is 6.92 Å². The van der Waals surface area contributed by atoms with Gasteiger partial charge in [0.2, 0.25) is 5.88 Å². The van der Waals surface area contributed by atoms with Crippen LogP contribution < -0.4 is 5.66 Å². The summed E-state index contributed by atoms with van der Waals surface area (Å²) >= 11 is 0. The molecule has 2 aromatic rings. The van der Waals surface area contributed by atoms with Crippen LogP contribution in [0.5, 0.6) is 0 Å². The summed E-state index contributed by atoms with van der Waals surface area (Å²) in [6.07, 6.45) is 1.86. The molecule has 20 heavy (non-hydrogen) atoms. The highest BCUT2D eigenvalue weighted by Crippen LogP contribution is 2.36. The van der Waals surface area contributed by atoms with Crippen LogP contribution in [0.1, 0.15) is 33.4 Å². The van der Waals surface area contributed by atoms with Crippen molar-refractivity contribution in [1.29, 1.82) is 0 Å². The van der Waals surface area contributed by atoms with Crippen LogP contribution in [-0.2, 0) is 9.31 Å². The second-order valence-electron chi connectivity index (χ2n) is 6.17. The first kappa shape index (κ1) is 13.5. The fourth-order valence-corrected chi connectivity index (χ4v) is 2.09. The van der Waals surface area contributed by atoms with E-state index in [1.807, 2.05) is 59.0 Å². The molecule has 106 valence electrons.